The van der Waals surface area contributed by atoms with Crippen LogP contribution in [0.4, 0.5) is 10.5 Å². The molecule has 0 bridgehead atoms. The Labute approximate surface area is 219 Å². The lowest BCUT2D eigenvalue weighted by Gasteiger charge is -2.12. The summed E-state index contributed by atoms with van der Waals surface area (Å²) in [6, 6.07) is 19.2. The lowest BCUT2D eigenvalue weighted by atomic mass is 10.0. The summed E-state index contributed by atoms with van der Waals surface area (Å²) in [5.41, 5.74) is 3.40. The van der Waals surface area contributed by atoms with Crippen LogP contribution in [0.25, 0.3) is 11.3 Å². The zero-order valence-corrected chi connectivity index (χ0v) is 20.8. The van der Waals surface area contributed by atoms with Crippen molar-refractivity contribution < 1.29 is 14.7 Å². The maximum atomic E-state index is 13.1. The molecule has 0 radical (unpaired) electrons. The zero-order chi connectivity index (χ0) is 25.8. The van der Waals surface area contributed by atoms with Crippen LogP contribution in [0.15, 0.2) is 72.9 Å². The number of halogens is 1. The van der Waals surface area contributed by atoms with Gasteiger partial charge < -0.3 is 15.7 Å². The van der Waals surface area contributed by atoms with E-state index < -0.39 is 5.91 Å². The summed E-state index contributed by atoms with van der Waals surface area (Å²) >= 11 is 6.01. The van der Waals surface area contributed by atoms with Gasteiger partial charge in [-0.25, -0.2) is 9.78 Å². The summed E-state index contributed by atoms with van der Waals surface area (Å²) in [6.45, 7) is 0.388. The van der Waals surface area contributed by atoms with Gasteiger partial charge in [0.25, 0.3) is 5.91 Å². The van der Waals surface area contributed by atoms with E-state index in [2.05, 4.69) is 20.7 Å². The van der Waals surface area contributed by atoms with Crippen LogP contribution >= 0.6 is 11.6 Å². The maximum Gasteiger partial charge on any atom is 0.342 e. The highest BCUT2D eigenvalue weighted by Gasteiger charge is 2.26. The molecule has 0 spiro atoms. The molecule has 8 nitrogen and oxygen atoms in total. The number of aromatic nitrogens is 3. The topological polar surface area (TPSA) is 109 Å². The number of nitrogens with zero attached hydrogens (tertiary/aromatic N) is 3. The Hall–Kier alpha value is -4.17. The van der Waals surface area contributed by atoms with E-state index in [0.717, 1.165) is 36.9 Å². The van der Waals surface area contributed by atoms with Crippen LogP contribution in [0.2, 0.25) is 5.15 Å². The van der Waals surface area contributed by atoms with Crippen LogP contribution in [0, 0.1) is 0 Å². The first-order valence-corrected chi connectivity index (χ1v) is 12.5. The SMILES string of the molecule is O=C(Nc1ccc(-c2cc(C3CCCC3)n(C(=O)NCc3ccccc3)n2)c(O)c1)c1cccnc1Cl. The van der Waals surface area contributed by atoms with Crippen LogP contribution < -0.4 is 10.6 Å². The molecule has 2 aromatic heterocycles. The van der Waals surface area contributed by atoms with Crippen LogP contribution in [0.5, 0.6) is 5.75 Å². The Balaban J connectivity index is 1.39. The number of benzene rings is 2. The molecule has 0 aliphatic heterocycles. The molecule has 5 rings (SSSR count). The first-order chi connectivity index (χ1) is 18.0. The average molecular weight is 516 g/mol. The molecule has 1 aliphatic rings. The number of hydrogen-bond donors (Lipinski definition) is 3. The second-order valence-corrected chi connectivity index (χ2v) is 9.38. The average Bonchev–Trinajstić information content (AvgIpc) is 3.59. The van der Waals surface area contributed by atoms with Crippen molar-refractivity contribution in [3.8, 4) is 17.0 Å². The lowest BCUT2D eigenvalue weighted by molar-refractivity contribution is 0.102. The van der Waals surface area contributed by atoms with Crippen LogP contribution in [-0.4, -0.2) is 31.8 Å². The minimum Gasteiger partial charge on any atom is -0.507 e. The van der Waals surface area contributed by atoms with Gasteiger partial charge in [-0.2, -0.15) is 9.78 Å². The molecule has 188 valence electrons. The van der Waals surface area contributed by atoms with E-state index in [1.807, 2.05) is 36.4 Å². The number of carbonyl (C=O) groups is 2. The van der Waals surface area contributed by atoms with E-state index in [4.69, 9.17) is 11.6 Å². The van der Waals surface area contributed by atoms with Crippen molar-refractivity contribution in [2.75, 3.05) is 5.32 Å². The number of pyridine rings is 1. The molecule has 2 amide bonds. The summed E-state index contributed by atoms with van der Waals surface area (Å²) in [5.74, 6) is -0.274. The molecule has 2 heterocycles. The van der Waals surface area contributed by atoms with Crippen molar-refractivity contribution in [1.82, 2.24) is 20.1 Å². The largest absolute Gasteiger partial charge is 0.507 e. The van der Waals surface area contributed by atoms with Gasteiger partial charge in [0.1, 0.15) is 10.9 Å². The molecule has 9 heteroatoms. The Morgan fingerprint density at radius 3 is 2.54 bits per heavy atom. The fraction of sp³-hybridized carbons (Fsp3) is 0.214. The first kappa shape index (κ1) is 24.5. The number of nitrogens with one attached hydrogen (secondary N) is 2. The molecular weight excluding hydrogens is 490 g/mol. The summed E-state index contributed by atoms with van der Waals surface area (Å²) < 4.78 is 1.42. The highest BCUT2D eigenvalue weighted by molar-refractivity contribution is 6.33. The van der Waals surface area contributed by atoms with Crippen LogP contribution in [0.3, 0.4) is 0 Å². The Morgan fingerprint density at radius 2 is 1.81 bits per heavy atom. The molecule has 37 heavy (non-hydrogen) atoms. The van der Waals surface area contributed by atoms with Gasteiger partial charge in [0, 0.05) is 36.0 Å². The highest BCUT2D eigenvalue weighted by Crippen LogP contribution is 2.38. The third-order valence-corrected chi connectivity index (χ3v) is 6.83. The van der Waals surface area contributed by atoms with Gasteiger partial charge in [-0.3, -0.25) is 4.79 Å². The van der Waals surface area contributed by atoms with E-state index in [1.54, 1.807) is 24.3 Å². The molecule has 0 atom stereocenters. The van der Waals surface area contributed by atoms with Crippen LogP contribution in [0.1, 0.15) is 53.2 Å². The summed E-state index contributed by atoms with van der Waals surface area (Å²) in [6.07, 6.45) is 5.70. The number of phenolic OH excluding ortho intramolecular Hbond substituents is 1. The van der Waals surface area contributed by atoms with Crippen molar-refractivity contribution in [3.05, 3.63) is 94.9 Å². The Bertz CT molecular complexity index is 1430. The smallest absolute Gasteiger partial charge is 0.342 e. The predicted octanol–water partition coefficient (Wildman–Crippen LogP) is 5.97. The quantitative estimate of drug-likeness (QED) is 0.274. The number of amides is 2. The maximum absolute atomic E-state index is 13.1. The number of rotatable bonds is 6. The normalized spacial score (nSPS) is 13.4. The highest BCUT2D eigenvalue weighted by atomic mass is 35.5. The fourth-order valence-electron chi connectivity index (χ4n) is 4.63. The standard InChI is InChI=1S/C28H26ClN5O3/c29-26-22(11-6-14-30-26)27(36)32-20-12-13-21(25(35)15-20)23-16-24(19-9-4-5-10-19)34(33-23)28(37)31-17-18-7-2-1-3-8-18/h1-3,6-8,11-16,19,35H,4-5,9-10,17H2,(H,31,37)(H,32,36). The number of anilines is 1. The second kappa shape index (κ2) is 10.8. The molecular formula is C28H26ClN5O3. The zero-order valence-electron chi connectivity index (χ0n) is 20.0. The van der Waals surface area contributed by atoms with Crippen molar-refractivity contribution >= 4 is 29.2 Å². The van der Waals surface area contributed by atoms with Gasteiger partial charge in [0.05, 0.1) is 17.0 Å². The van der Waals surface area contributed by atoms with Crippen molar-refractivity contribution in [3.63, 3.8) is 0 Å². The summed E-state index contributed by atoms with van der Waals surface area (Å²) in [4.78, 5) is 29.6. The van der Waals surface area contributed by atoms with E-state index in [-0.39, 0.29) is 28.4 Å². The lowest BCUT2D eigenvalue weighted by Crippen LogP contribution is -2.30. The summed E-state index contributed by atoms with van der Waals surface area (Å²) in [5, 5.41) is 21.1. The molecule has 0 saturated heterocycles. The van der Waals surface area contributed by atoms with Gasteiger partial charge >= 0.3 is 6.03 Å². The van der Waals surface area contributed by atoms with Crippen molar-refractivity contribution in [2.45, 2.75) is 38.1 Å². The first-order valence-electron chi connectivity index (χ1n) is 12.2. The molecule has 0 unspecified atom stereocenters. The minimum absolute atomic E-state index is 0.0672. The fourth-order valence-corrected chi connectivity index (χ4v) is 4.84. The van der Waals surface area contributed by atoms with Gasteiger partial charge in [-0.1, -0.05) is 54.8 Å². The van der Waals surface area contributed by atoms with Gasteiger partial charge in [0.15, 0.2) is 0 Å². The summed E-state index contributed by atoms with van der Waals surface area (Å²) in [7, 11) is 0. The molecule has 3 N–H and O–H groups in total. The Kier molecular flexibility index (Phi) is 7.18. The van der Waals surface area contributed by atoms with Crippen LogP contribution in [-0.2, 0) is 6.54 Å². The molecule has 1 aliphatic carbocycles. The van der Waals surface area contributed by atoms with Crippen molar-refractivity contribution in [2.24, 2.45) is 0 Å². The van der Waals surface area contributed by atoms with Gasteiger partial charge in [0.2, 0.25) is 0 Å². The third-order valence-electron chi connectivity index (χ3n) is 6.52. The minimum atomic E-state index is -0.437. The number of aromatic hydroxyl groups is 1. The monoisotopic (exact) mass is 515 g/mol. The second-order valence-electron chi connectivity index (χ2n) is 9.02. The van der Waals surface area contributed by atoms with E-state index in [1.165, 1.54) is 16.9 Å². The molecule has 1 fully saturated rings. The van der Waals surface area contributed by atoms with E-state index in [0.29, 0.717) is 23.5 Å². The molecule has 1 saturated carbocycles. The predicted molar refractivity (Wildman–Crippen MR) is 142 cm³/mol. The number of hydrogen-bond acceptors (Lipinski definition) is 5. The van der Waals surface area contributed by atoms with E-state index >= 15 is 0 Å². The Morgan fingerprint density at radius 1 is 1.03 bits per heavy atom. The van der Waals surface area contributed by atoms with Crippen molar-refractivity contribution in [1.29, 1.82) is 0 Å². The van der Waals surface area contributed by atoms with Gasteiger partial charge in [-0.05, 0) is 48.7 Å². The van der Waals surface area contributed by atoms with E-state index in [9.17, 15) is 14.7 Å². The molecule has 2 aromatic carbocycles. The number of carbonyl (C=O) groups excluding carboxylic acids is 2. The van der Waals surface area contributed by atoms with Gasteiger partial charge in [-0.15, -0.1) is 0 Å². The molecule has 4 aromatic rings. The number of phenols is 1. The third kappa shape index (κ3) is 5.49.